The lowest BCUT2D eigenvalue weighted by atomic mass is 9.98. The van der Waals surface area contributed by atoms with Gasteiger partial charge in [0.15, 0.2) is 12.4 Å². The van der Waals surface area contributed by atoms with Gasteiger partial charge in [0.25, 0.3) is 6.43 Å². The highest BCUT2D eigenvalue weighted by Crippen LogP contribution is 2.29. The Morgan fingerprint density at radius 1 is 1.83 bits per heavy atom. The van der Waals surface area contributed by atoms with E-state index in [1.54, 1.807) is 0 Å². The van der Waals surface area contributed by atoms with Gasteiger partial charge in [-0.25, -0.2) is 18.6 Å². The largest absolute Gasteiger partial charge is 0.480 e. The second kappa shape index (κ2) is 2.69. The van der Waals surface area contributed by atoms with Crippen LogP contribution < -0.4 is 0 Å². The predicted octanol–water partition coefficient (Wildman–Crippen LogP) is 0.522. The SMILES string of the molecule is CC1(C(F)F)OC=NC1C(=O)O. The highest BCUT2D eigenvalue weighted by molar-refractivity contribution is 5.79. The van der Waals surface area contributed by atoms with E-state index in [1.807, 2.05) is 0 Å². The Hall–Kier alpha value is -1.20. The third kappa shape index (κ3) is 1.13. The van der Waals surface area contributed by atoms with Crippen LogP contribution in [0.25, 0.3) is 0 Å². The van der Waals surface area contributed by atoms with Crippen LogP contribution in [0.2, 0.25) is 0 Å². The summed E-state index contributed by atoms with van der Waals surface area (Å²) >= 11 is 0. The number of carbonyl (C=O) groups is 1. The van der Waals surface area contributed by atoms with E-state index in [1.165, 1.54) is 0 Å². The molecule has 0 bridgehead atoms. The lowest BCUT2D eigenvalue weighted by Crippen LogP contribution is -2.47. The molecule has 0 saturated heterocycles. The molecule has 0 amide bonds. The van der Waals surface area contributed by atoms with Crippen LogP contribution in [0.15, 0.2) is 4.99 Å². The average molecular weight is 179 g/mol. The molecule has 0 saturated carbocycles. The Bertz CT molecular complexity index is 231. The van der Waals surface area contributed by atoms with Crippen molar-refractivity contribution < 1.29 is 23.4 Å². The first kappa shape index (κ1) is 8.89. The summed E-state index contributed by atoms with van der Waals surface area (Å²) < 4.78 is 29.0. The fourth-order valence-corrected chi connectivity index (χ4v) is 0.897. The van der Waals surface area contributed by atoms with E-state index in [4.69, 9.17) is 5.11 Å². The minimum atomic E-state index is -2.87. The lowest BCUT2D eigenvalue weighted by Gasteiger charge is -2.24. The molecule has 6 heteroatoms. The smallest absolute Gasteiger partial charge is 0.332 e. The standard InChI is InChI=1S/C6H7F2NO3/c1-6(5(7)8)3(4(10)11)9-2-12-6/h2-3,5H,1H3,(H,10,11). The molecule has 0 spiro atoms. The molecule has 0 fully saturated rings. The minimum absolute atomic E-state index is 0.755. The summed E-state index contributed by atoms with van der Waals surface area (Å²) in [5, 5.41) is 8.47. The minimum Gasteiger partial charge on any atom is -0.480 e. The molecule has 1 rings (SSSR count). The zero-order chi connectivity index (χ0) is 9.35. The van der Waals surface area contributed by atoms with Gasteiger partial charge in [0, 0.05) is 0 Å². The molecule has 0 aromatic heterocycles. The molecular formula is C6H7F2NO3. The van der Waals surface area contributed by atoms with E-state index < -0.39 is 24.0 Å². The van der Waals surface area contributed by atoms with Crippen molar-refractivity contribution in [3.8, 4) is 0 Å². The van der Waals surface area contributed by atoms with E-state index in [2.05, 4.69) is 9.73 Å². The van der Waals surface area contributed by atoms with Crippen LogP contribution in [0.5, 0.6) is 0 Å². The van der Waals surface area contributed by atoms with E-state index in [0.717, 1.165) is 13.3 Å². The fraction of sp³-hybridized carbons (Fsp3) is 0.667. The Labute approximate surface area is 66.9 Å². The molecule has 68 valence electrons. The summed E-state index contributed by atoms with van der Waals surface area (Å²) in [4.78, 5) is 13.7. The number of aliphatic carboxylic acids is 1. The number of halogens is 2. The summed E-state index contributed by atoms with van der Waals surface area (Å²) in [6, 6.07) is -1.52. The van der Waals surface area contributed by atoms with E-state index >= 15 is 0 Å². The zero-order valence-electron chi connectivity index (χ0n) is 6.20. The molecule has 1 heterocycles. The van der Waals surface area contributed by atoms with Crippen LogP contribution in [-0.2, 0) is 9.53 Å². The van der Waals surface area contributed by atoms with Gasteiger partial charge in [-0.1, -0.05) is 0 Å². The molecule has 2 atom stereocenters. The number of carboxylic acid groups (broad SMARTS) is 1. The summed E-state index contributed by atoms with van der Waals surface area (Å²) in [6.45, 7) is 1.02. The van der Waals surface area contributed by atoms with E-state index in [9.17, 15) is 13.6 Å². The highest BCUT2D eigenvalue weighted by atomic mass is 19.3. The first-order valence-electron chi connectivity index (χ1n) is 3.19. The third-order valence-corrected chi connectivity index (χ3v) is 1.73. The van der Waals surface area contributed by atoms with Crippen molar-refractivity contribution in [3.05, 3.63) is 0 Å². The van der Waals surface area contributed by atoms with Crippen LogP contribution in [-0.4, -0.2) is 35.5 Å². The van der Waals surface area contributed by atoms with Crippen molar-refractivity contribution in [2.24, 2.45) is 4.99 Å². The highest BCUT2D eigenvalue weighted by Gasteiger charge is 2.51. The van der Waals surface area contributed by atoms with Gasteiger partial charge in [0.1, 0.15) is 0 Å². The van der Waals surface area contributed by atoms with Gasteiger partial charge in [-0.05, 0) is 6.92 Å². The molecule has 2 unspecified atom stereocenters. The zero-order valence-corrected chi connectivity index (χ0v) is 6.20. The fourth-order valence-electron chi connectivity index (χ4n) is 0.897. The Morgan fingerprint density at radius 2 is 2.42 bits per heavy atom. The molecule has 0 aliphatic carbocycles. The van der Waals surface area contributed by atoms with Crippen LogP contribution in [0.4, 0.5) is 8.78 Å². The molecular weight excluding hydrogens is 172 g/mol. The number of ether oxygens (including phenoxy) is 1. The van der Waals surface area contributed by atoms with E-state index in [-0.39, 0.29) is 0 Å². The summed E-state index contributed by atoms with van der Waals surface area (Å²) in [5.74, 6) is -1.41. The van der Waals surface area contributed by atoms with Crippen LogP contribution in [0, 0.1) is 0 Å². The molecule has 0 aromatic rings. The van der Waals surface area contributed by atoms with Crippen molar-refractivity contribution in [1.82, 2.24) is 0 Å². The van der Waals surface area contributed by atoms with Crippen molar-refractivity contribution >= 4 is 12.4 Å². The number of hydrogen-bond donors (Lipinski definition) is 1. The first-order chi connectivity index (χ1) is 5.48. The van der Waals surface area contributed by atoms with Gasteiger partial charge < -0.3 is 9.84 Å². The Morgan fingerprint density at radius 3 is 2.75 bits per heavy atom. The molecule has 0 radical (unpaired) electrons. The van der Waals surface area contributed by atoms with Crippen LogP contribution >= 0.6 is 0 Å². The van der Waals surface area contributed by atoms with Gasteiger partial charge >= 0.3 is 5.97 Å². The van der Waals surface area contributed by atoms with Crippen molar-refractivity contribution in [3.63, 3.8) is 0 Å². The molecule has 1 N–H and O–H groups in total. The summed E-state index contributed by atoms with van der Waals surface area (Å²) in [7, 11) is 0. The second-order valence-electron chi connectivity index (χ2n) is 2.60. The molecule has 4 nitrogen and oxygen atoms in total. The maximum Gasteiger partial charge on any atom is 0.332 e. The number of nitrogens with zero attached hydrogens (tertiary/aromatic N) is 1. The second-order valence-corrected chi connectivity index (χ2v) is 2.60. The number of carboxylic acids is 1. The van der Waals surface area contributed by atoms with Gasteiger partial charge in [-0.15, -0.1) is 0 Å². The third-order valence-electron chi connectivity index (χ3n) is 1.73. The molecule has 12 heavy (non-hydrogen) atoms. The monoisotopic (exact) mass is 179 g/mol. The predicted molar refractivity (Wildman–Crippen MR) is 35.4 cm³/mol. The summed E-state index contributed by atoms with van der Waals surface area (Å²) in [5.41, 5.74) is -2.02. The molecule has 1 aliphatic heterocycles. The number of hydrogen-bond acceptors (Lipinski definition) is 3. The quantitative estimate of drug-likeness (QED) is 0.672. The van der Waals surface area contributed by atoms with Crippen LogP contribution in [0.1, 0.15) is 6.92 Å². The number of aliphatic imine (C=N–C) groups is 1. The van der Waals surface area contributed by atoms with Crippen molar-refractivity contribution in [2.75, 3.05) is 0 Å². The van der Waals surface area contributed by atoms with Gasteiger partial charge in [-0.2, -0.15) is 0 Å². The van der Waals surface area contributed by atoms with Gasteiger partial charge in [0.05, 0.1) is 0 Å². The topological polar surface area (TPSA) is 58.9 Å². The molecule has 1 aliphatic rings. The van der Waals surface area contributed by atoms with Crippen molar-refractivity contribution in [1.29, 1.82) is 0 Å². The van der Waals surface area contributed by atoms with Crippen LogP contribution in [0.3, 0.4) is 0 Å². The normalized spacial score (nSPS) is 33.8. The van der Waals surface area contributed by atoms with Gasteiger partial charge in [-0.3, -0.25) is 0 Å². The first-order valence-corrected chi connectivity index (χ1v) is 3.19. The Balaban J connectivity index is 2.86. The molecule has 0 aromatic carbocycles. The van der Waals surface area contributed by atoms with Crippen molar-refractivity contribution in [2.45, 2.75) is 25.0 Å². The lowest BCUT2D eigenvalue weighted by molar-refractivity contribution is -0.148. The Kier molecular flexibility index (Phi) is 1.99. The van der Waals surface area contributed by atoms with Gasteiger partial charge in [0.2, 0.25) is 5.60 Å². The maximum atomic E-state index is 12.3. The number of rotatable bonds is 2. The maximum absolute atomic E-state index is 12.3. The number of alkyl halides is 2. The average Bonchev–Trinajstić information content (AvgIpc) is 2.32. The van der Waals surface area contributed by atoms with E-state index in [0.29, 0.717) is 0 Å². The summed E-state index contributed by atoms with van der Waals surface area (Å²) in [6.07, 6.45) is -2.12.